The lowest BCUT2D eigenvalue weighted by atomic mass is 9.76. The monoisotopic (exact) mass is 342 g/mol. The molecule has 1 heterocycles. The fraction of sp³-hybridized carbons (Fsp3) is 0.368. The molecule has 1 amide bonds. The second-order valence-corrected chi connectivity index (χ2v) is 6.16. The highest BCUT2D eigenvalue weighted by Gasteiger charge is 2.36. The molecule has 2 aromatic rings. The van der Waals surface area contributed by atoms with Gasteiger partial charge in [-0.05, 0) is 43.0 Å². The summed E-state index contributed by atoms with van der Waals surface area (Å²) < 4.78 is 10.5. The summed E-state index contributed by atoms with van der Waals surface area (Å²) in [5, 5.41) is 12.7. The minimum atomic E-state index is -0.302. The molecule has 0 saturated heterocycles. The van der Waals surface area contributed by atoms with Gasteiger partial charge < -0.3 is 19.9 Å². The number of carbonyl (C=O) groups is 1. The molecule has 1 aromatic heterocycles. The van der Waals surface area contributed by atoms with E-state index in [-0.39, 0.29) is 24.0 Å². The van der Waals surface area contributed by atoms with Gasteiger partial charge in [0.15, 0.2) is 0 Å². The molecule has 0 bridgehead atoms. The van der Waals surface area contributed by atoms with Gasteiger partial charge in [0.25, 0.3) is 5.91 Å². The van der Waals surface area contributed by atoms with E-state index >= 15 is 0 Å². The number of rotatable bonds is 6. The Bertz CT molecular complexity index is 729. The molecule has 6 nitrogen and oxygen atoms in total. The Morgan fingerprint density at radius 1 is 1.24 bits per heavy atom. The van der Waals surface area contributed by atoms with Crippen LogP contribution in [0.2, 0.25) is 0 Å². The molecular weight excluding hydrogens is 320 g/mol. The Morgan fingerprint density at radius 3 is 2.64 bits per heavy atom. The van der Waals surface area contributed by atoms with Crippen molar-refractivity contribution in [2.75, 3.05) is 14.2 Å². The van der Waals surface area contributed by atoms with Gasteiger partial charge in [0.05, 0.1) is 37.6 Å². The smallest absolute Gasteiger partial charge is 0.255 e. The zero-order chi connectivity index (χ0) is 17.8. The number of ether oxygens (including phenoxy) is 2. The summed E-state index contributed by atoms with van der Waals surface area (Å²) >= 11 is 0. The second kappa shape index (κ2) is 7.53. The molecule has 1 atom stereocenters. The molecule has 1 aliphatic rings. The third-order valence-corrected chi connectivity index (χ3v) is 4.57. The maximum absolute atomic E-state index is 12.8. The van der Waals surface area contributed by atoms with Crippen molar-refractivity contribution in [3.8, 4) is 11.5 Å². The lowest BCUT2D eigenvalue weighted by Gasteiger charge is -2.37. The molecule has 1 aliphatic carbocycles. The quantitative estimate of drug-likeness (QED) is 0.842. The van der Waals surface area contributed by atoms with E-state index in [0.29, 0.717) is 29.9 Å². The third kappa shape index (κ3) is 3.74. The van der Waals surface area contributed by atoms with Crippen LogP contribution in [0.1, 0.15) is 34.9 Å². The molecule has 0 aliphatic heterocycles. The van der Waals surface area contributed by atoms with Crippen LogP contribution in [0.3, 0.4) is 0 Å². The lowest BCUT2D eigenvalue weighted by molar-refractivity contribution is 0.0228. The first-order chi connectivity index (χ1) is 12.1. The fourth-order valence-corrected chi connectivity index (χ4v) is 3.10. The standard InChI is InChI=1S/C19H22N2O4/c1-24-14-6-7-15(17(11-14)25-2)19(23)21-18(12-9-13(22)10-12)16-5-3-4-8-20-16/h3-8,11-13,18,22H,9-10H2,1-2H3,(H,21,23)/t12?,13?,18-/m1/s1. The first-order valence-electron chi connectivity index (χ1n) is 8.24. The predicted octanol–water partition coefficient (Wildman–Crippen LogP) is 2.34. The van der Waals surface area contributed by atoms with Crippen molar-refractivity contribution >= 4 is 5.91 Å². The molecule has 1 saturated carbocycles. The number of aliphatic hydroxyl groups excluding tert-OH is 1. The van der Waals surface area contributed by atoms with Gasteiger partial charge in [-0.1, -0.05) is 6.07 Å². The van der Waals surface area contributed by atoms with E-state index in [9.17, 15) is 9.90 Å². The molecule has 25 heavy (non-hydrogen) atoms. The predicted molar refractivity (Wildman–Crippen MR) is 92.7 cm³/mol. The number of hydrogen-bond donors (Lipinski definition) is 2. The highest BCUT2D eigenvalue weighted by atomic mass is 16.5. The van der Waals surface area contributed by atoms with Crippen LogP contribution in [0.5, 0.6) is 11.5 Å². The van der Waals surface area contributed by atoms with Gasteiger partial charge in [-0.25, -0.2) is 0 Å². The van der Waals surface area contributed by atoms with E-state index in [1.165, 1.54) is 7.11 Å². The Balaban J connectivity index is 1.83. The molecule has 0 spiro atoms. The summed E-state index contributed by atoms with van der Waals surface area (Å²) in [4.78, 5) is 17.2. The van der Waals surface area contributed by atoms with Crippen LogP contribution in [-0.4, -0.2) is 36.3 Å². The average Bonchev–Trinajstić information content (AvgIpc) is 2.63. The Hall–Kier alpha value is -2.60. The zero-order valence-corrected chi connectivity index (χ0v) is 14.3. The summed E-state index contributed by atoms with van der Waals surface area (Å²) in [6.45, 7) is 0. The number of carbonyl (C=O) groups excluding carboxylic acids is 1. The van der Waals surface area contributed by atoms with Gasteiger partial charge in [-0.2, -0.15) is 0 Å². The van der Waals surface area contributed by atoms with Crippen molar-refractivity contribution in [2.45, 2.75) is 25.0 Å². The summed E-state index contributed by atoms with van der Waals surface area (Å²) in [5.74, 6) is 0.997. The second-order valence-electron chi connectivity index (χ2n) is 6.16. The van der Waals surface area contributed by atoms with Crippen molar-refractivity contribution in [1.29, 1.82) is 0 Å². The maximum Gasteiger partial charge on any atom is 0.255 e. The van der Waals surface area contributed by atoms with Crippen LogP contribution in [0.15, 0.2) is 42.6 Å². The number of pyridine rings is 1. The van der Waals surface area contributed by atoms with Gasteiger partial charge in [-0.3, -0.25) is 9.78 Å². The van der Waals surface area contributed by atoms with E-state index in [4.69, 9.17) is 9.47 Å². The summed E-state index contributed by atoms with van der Waals surface area (Å²) in [6, 6.07) is 10.5. The van der Waals surface area contributed by atoms with E-state index < -0.39 is 0 Å². The van der Waals surface area contributed by atoms with Crippen molar-refractivity contribution in [3.05, 3.63) is 53.9 Å². The first kappa shape index (κ1) is 17.2. The van der Waals surface area contributed by atoms with Crippen LogP contribution in [0, 0.1) is 5.92 Å². The Kier molecular flexibility index (Phi) is 5.19. The highest BCUT2D eigenvalue weighted by Crippen LogP contribution is 2.38. The van der Waals surface area contributed by atoms with E-state index in [1.54, 1.807) is 31.5 Å². The molecule has 1 fully saturated rings. The van der Waals surface area contributed by atoms with Crippen LogP contribution in [0.4, 0.5) is 0 Å². The van der Waals surface area contributed by atoms with Crippen LogP contribution >= 0.6 is 0 Å². The first-order valence-corrected chi connectivity index (χ1v) is 8.24. The molecule has 0 unspecified atom stereocenters. The largest absolute Gasteiger partial charge is 0.497 e. The number of nitrogens with zero attached hydrogens (tertiary/aromatic N) is 1. The highest BCUT2D eigenvalue weighted by molar-refractivity contribution is 5.97. The topological polar surface area (TPSA) is 80.7 Å². The SMILES string of the molecule is COc1ccc(C(=O)N[C@@H](c2ccccn2)C2CC(O)C2)c(OC)c1. The van der Waals surface area contributed by atoms with E-state index in [0.717, 1.165) is 5.69 Å². The van der Waals surface area contributed by atoms with Crippen molar-refractivity contribution in [1.82, 2.24) is 10.3 Å². The molecule has 0 radical (unpaired) electrons. The van der Waals surface area contributed by atoms with Gasteiger partial charge >= 0.3 is 0 Å². The molecule has 3 rings (SSSR count). The summed E-state index contributed by atoms with van der Waals surface area (Å²) in [5.41, 5.74) is 1.23. The number of methoxy groups -OCH3 is 2. The number of amides is 1. The minimum Gasteiger partial charge on any atom is -0.497 e. The number of aliphatic hydroxyl groups is 1. The molecule has 6 heteroatoms. The number of hydrogen-bond acceptors (Lipinski definition) is 5. The Morgan fingerprint density at radius 2 is 2.04 bits per heavy atom. The maximum atomic E-state index is 12.8. The Labute approximate surface area is 146 Å². The lowest BCUT2D eigenvalue weighted by Crippen LogP contribution is -2.41. The van der Waals surface area contributed by atoms with Gasteiger partial charge in [0.2, 0.25) is 0 Å². The molecule has 132 valence electrons. The normalized spacial score (nSPS) is 20.3. The van der Waals surface area contributed by atoms with Crippen molar-refractivity contribution < 1.29 is 19.4 Å². The van der Waals surface area contributed by atoms with Crippen molar-refractivity contribution in [2.24, 2.45) is 5.92 Å². The number of nitrogens with one attached hydrogen (secondary N) is 1. The van der Waals surface area contributed by atoms with Gasteiger partial charge in [0.1, 0.15) is 11.5 Å². The third-order valence-electron chi connectivity index (χ3n) is 4.57. The number of benzene rings is 1. The van der Waals surface area contributed by atoms with Crippen LogP contribution in [-0.2, 0) is 0 Å². The van der Waals surface area contributed by atoms with E-state index in [1.807, 2.05) is 18.2 Å². The van der Waals surface area contributed by atoms with Gasteiger partial charge in [0, 0.05) is 12.3 Å². The van der Waals surface area contributed by atoms with Crippen molar-refractivity contribution in [3.63, 3.8) is 0 Å². The average molecular weight is 342 g/mol. The fourth-order valence-electron chi connectivity index (χ4n) is 3.10. The molecular formula is C19H22N2O4. The molecule has 1 aromatic carbocycles. The van der Waals surface area contributed by atoms with Crippen LogP contribution < -0.4 is 14.8 Å². The van der Waals surface area contributed by atoms with Gasteiger partial charge in [-0.15, -0.1) is 0 Å². The number of aromatic nitrogens is 1. The minimum absolute atomic E-state index is 0.165. The summed E-state index contributed by atoms with van der Waals surface area (Å²) in [6.07, 6.45) is 2.71. The van der Waals surface area contributed by atoms with Crippen LogP contribution in [0.25, 0.3) is 0 Å². The van der Waals surface area contributed by atoms with E-state index in [2.05, 4.69) is 10.3 Å². The zero-order valence-electron chi connectivity index (χ0n) is 14.3. The summed E-state index contributed by atoms with van der Waals surface area (Å²) in [7, 11) is 3.08. The molecule has 2 N–H and O–H groups in total.